The Morgan fingerprint density at radius 3 is 1.48 bits per heavy atom. The van der Waals surface area contributed by atoms with E-state index >= 15 is 0 Å². The molecule has 1 aliphatic rings. The number of carbonyl (C=O) groups is 1. The average Bonchev–Trinajstić information content (AvgIpc) is 3.07. The van der Waals surface area contributed by atoms with Crippen LogP contribution in [-0.4, -0.2) is 32.6 Å². The second-order valence-electron chi connectivity index (χ2n) is 15.5. The maximum atomic E-state index is 12.4. The Hall–Kier alpha value is 0.117. The first-order valence-corrected chi connectivity index (χ1v) is 25.3. The summed E-state index contributed by atoms with van der Waals surface area (Å²) < 4.78 is 12.5. The van der Waals surface area contributed by atoms with Crippen LogP contribution in [0.15, 0.2) is 0 Å². The molecule has 1 saturated heterocycles. The van der Waals surface area contributed by atoms with Crippen molar-refractivity contribution in [1.29, 1.82) is 0 Å². The highest BCUT2D eigenvalue weighted by Crippen LogP contribution is 2.24. The minimum absolute atomic E-state index is 0.374. The van der Waals surface area contributed by atoms with Gasteiger partial charge < -0.3 is 8.95 Å². The Balaban J connectivity index is 1.89. The Kier molecular flexibility index (Phi) is 34.1. The van der Waals surface area contributed by atoms with Gasteiger partial charge in [0.2, 0.25) is 0 Å². The van der Waals surface area contributed by atoms with E-state index in [2.05, 4.69) is 25.9 Å². The van der Waals surface area contributed by atoms with E-state index in [1.807, 2.05) is 0 Å². The van der Waals surface area contributed by atoms with E-state index in [9.17, 15) is 4.79 Å². The summed E-state index contributed by atoms with van der Waals surface area (Å²) in [6.07, 6.45) is 44.5. The molecule has 4 nitrogen and oxygen atoms in total. The first kappa shape index (κ1) is 46.1. The number of rotatable bonds is 35. The molecule has 48 heavy (non-hydrogen) atoms. The SMILES string of the molecule is CCCCCCCCCCCCCCCCCCC1CCO[Si](C)(CCCSC(=O)CCCCCCCCCCCCCCC)ONC1. The van der Waals surface area contributed by atoms with Crippen molar-refractivity contribution >= 4 is 25.4 Å². The van der Waals surface area contributed by atoms with E-state index in [4.69, 9.17) is 8.95 Å². The lowest BCUT2D eigenvalue weighted by Crippen LogP contribution is -2.47. The fraction of sp³-hybridized carbons (Fsp3) is 0.976. The van der Waals surface area contributed by atoms with Crippen molar-refractivity contribution < 1.29 is 13.7 Å². The second-order valence-corrected chi connectivity index (χ2v) is 19.9. The number of unbranched alkanes of at least 4 members (excludes halogenated alkanes) is 27. The van der Waals surface area contributed by atoms with Gasteiger partial charge in [0, 0.05) is 25.3 Å². The van der Waals surface area contributed by atoms with Gasteiger partial charge in [0.15, 0.2) is 5.12 Å². The van der Waals surface area contributed by atoms with E-state index in [1.54, 1.807) is 0 Å². The van der Waals surface area contributed by atoms with Gasteiger partial charge in [-0.2, -0.15) is 0 Å². The van der Waals surface area contributed by atoms with Crippen molar-refractivity contribution in [3.05, 3.63) is 0 Å². The summed E-state index contributed by atoms with van der Waals surface area (Å²) >= 11 is 1.53. The predicted octanol–water partition coefficient (Wildman–Crippen LogP) is 14.4. The molecule has 1 fully saturated rings. The Bertz CT molecular complexity index is 671. The Morgan fingerprint density at radius 1 is 0.604 bits per heavy atom. The molecule has 2 unspecified atom stereocenters. The van der Waals surface area contributed by atoms with Crippen LogP contribution in [0.1, 0.15) is 226 Å². The minimum atomic E-state index is -2.19. The zero-order valence-corrected chi connectivity index (χ0v) is 34.7. The Morgan fingerprint density at radius 2 is 1.02 bits per heavy atom. The van der Waals surface area contributed by atoms with Gasteiger partial charge in [-0.1, -0.05) is 205 Å². The average molecular weight is 712 g/mol. The molecular formula is C42H85NO3SSi. The van der Waals surface area contributed by atoms with Crippen LogP contribution in [0.3, 0.4) is 0 Å². The molecule has 2 atom stereocenters. The molecule has 0 aromatic rings. The van der Waals surface area contributed by atoms with Gasteiger partial charge in [0.25, 0.3) is 0 Å². The topological polar surface area (TPSA) is 47.6 Å². The van der Waals surface area contributed by atoms with Crippen molar-refractivity contribution in [1.82, 2.24) is 5.48 Å². The van der Waals surface area contributed by atoms with Crippen LogP contribution in [0.4, 0.5) is 0 Å². The highest BCUT2D eigenvalue weighted by Gasteiger charge is 2.33. The molecule has 6 heteroatoms. The van der Waals surface area contributed by atoms with Crippen LogP contribution in [-0.2, 0) is 13.7 Å². The molecule has 1 N–H and O–H groups in total. The standard InChI is InChI=1S/C42H85NO3SSi/c1-4-6-8-10-12-14-16-18-19-20-22-23-25-27-29-31-34-41-36-37-45-48(3,46-43-40-41)39-33-38-47-42(44)35-32-30-28-26-24-21-17-15-13-11-9-7-5-2/h41,43H,4-40H2,1-3H3. The molecule has 0 aliphatic carbocycles. The maximum absolute atomic E-state index is 12.4. The number of hydrogen-bond acceptors (Lipinski definition) is 5. The van der Waals surface area contributed by atoms with E-state index < -0.39 is 8.56 Å². The predicted molar refractivity (Wildman–Crippen MR) is 216 cm³/mol. The van der Waals surface area contributed by atoms with Gasteiger partial charge in [-0.3, -0.25) is 4.79 Å². The summed E-state index contributed by atoms with van der Waals surface area (Å²) in [5.74, 6) is 1.56. The summed E-state index contributed by atoms with van der Waals surface area (Å²) in [6.45, 7) is 8.56. The third-order valence-electron chi connectivity index (χ3n) is 10.6. The molecule has 0 amide bonds. The van der Waals surface area contributed by atoms with Crippen LogP contribution in [0.25, 0.3) is 0 Å². The van der Waals surface area contributed by atoms with Gasteiger partial charge >= 0.3 is 8.56 Å². The van der Waals surface area contributed by atoms with Crippen molar-refractivity contribution in [2.45, 2.75) is 238 Å². The minimum Gasteiger partial charge on any atom is -0.394 e. The summed E-state index contributed by atoms with van der Waals surface area (Å²) in [6, 6.07) is 0.961. The molecule has 1 aliphatic heterocycles. The maximum Gasteiger partial charge on any atom is 0.355 e. The highest BCUT2D eigenvalue weighted by atomic mass is 32.2. The smallest absolute Gasteiger partial charge is 0.355 e. The molecule has 1 heterocycles. The summed E-state index contributed by atoms with van der Waals surface area (Å²) in [7, 11) is -2.19. The zero-order chi connectivity index (χ0) is 34.6. The molecule has 0 saturated carbocycles. The van der Waals surface area contributed by atoms with E-state index in [0.717, 1.165) is 50.6 Å². The van der Waals surface area contributed by atoms with Crippen molar-refractivity contribution in [2.75, 3.05) is 18.9 Å². The van der Waals surface area contributed by atoms with Gasteiger partial charge in [0.1, 0.15) is 0 Å². The molecule has 0 aromatic carbocycles. The van der Waals surface area contributed by atoms with Gasteiger partial charge in [-0.15, -0.1) is 0 Å². The third-order valence-corrected chi connectivity index (χ3v) is 14.3. The van der Waals surface area contributed by atoms with E-state index in [-0.39, 0.29) is 0 Å². The van der Waals surface area contributed by atoms with E-state index in [0.29, 0.717) is 11.0 Å². The lowest BCUT2D eigenvalue weighted by molar-refractivity contribution is -0.111. The number of hydrogen-bond donors (Lipinski definition) is 1. The van der Waals surface area contributed by atoms with Crippen molar-refractivity contribution in [3.8, 4) is 0 Å². The molecule has 0 aromatic heterocycles. The largest absolute Gasteiger partial charge is 0.394 e. The fourth-order valence-electron chi connectivity index (χ4n) is 7.17. The second kappa shape index (κ2) is 35.5. The molecule has 286 valence electrons. The molecule has 0 radical (unpaired) electrons. The van der Waals surface area contributed by atoms with E-state index in [1.165, 1.54) is 198 Å². The first-order chi connectivity index (χ1) is 23.6. The van der Waals surface area contributed by atoms with Crippen LogP contribution in [0, 0.1) is 5.92 Å². The van der Waals surface area contributed by atoms with Gasteiger partial charge in [-0.05, 0) is 44.2 Å². The van der Waals surface area contributed by atoms with Crippen molar-refractivity contribution in [2.24, 2.45) is 5.92 Å². The Labute approximate surface area is 306 Å². The molecular weight excluding hydrogens is 627 g/mol. The van der Waals surface area contributed by atoms with Crippen LogP contribution < -0.4 is 5.48 Å². The summed E-state index contributed by atoms with van der Waals surface area (Å²) in [4.78, 5) is 12.4. The number of thioether (sulfide) groups is 1. The van der Waals surface area contributed by atoms with Gasteiger partial charge in [0.05, 0.1) is 0 Å². The van der Waals surface area contributed by atoms with Crippen LogP contribution >= 0.6 is 11.8 Å². The lowest BCUT2D eigenvalue weighted by atomic mass is 9.97. The summed E-state index contributed by atoms with van der Waals surface area (Å²) in [5.41, 5.74) is 3.31. The third kappa shape index (κ3) is 30.9. The monoisotopic (exact) mass is 712 g/mol. The first-order valence-electron chi connectivity index (χ1n) is 21.8. The molecule has 0 spiro atoms. The normalized spacial score (nSPS) is 18.6. The van der Waals surface area contributed by atoms with Crippen LogP contribution in [0.2, 0.25) is 12.6 Å². The fourth-order valence-corrected chi connectivity index (χ4v) is 10.3. The summed E-state index contributed by atoms with van der Waals surface area (Å²) in [5, 5.41) is 0.374. The van der Waals surface area contributed by atoms with Crippen LogP contribution in [0.5, 0.6) is 0 Å². The lowest BCUT2D eigenvalue weighted by Gasteiger charge is -2.31. The number of nitrogens with one attached hydrogen (secondary N) is 1. The van der Waals surface area contributed by atoms with Gasteiger partial charge in [-0.25, -0.2) is 5.48 Å². The zero-order valence-electron chi connectivity index (χ0n) is 32.9. The van der Waals surface area contributed by atoms with Crippen molar-refractivity contribution in [3.63, 3.8) is 0 Å². The molecule has 0 bridgehead atoms. The quantitative estimate of drug-likeness (QED) is 0.0524. The number of carbonyl (C=O) groups excluding carboxylic acids is 1. The molecule has 1 rings (SSSR count). The number of hydroxylamine groups is 1. The highest BCUT2D eigenvalue weighted by molar-refractivity contribution is 8.13.